The number of fused-ring (bicyclic) bond motifs is 2. The quantitative estimate of drug-likeness (QED) is 0.659. The molecule has 33 heavy (non-hydrogen) atoms. The maximum absolute atomic E-state index is 12.7. The molecule has 2 N–H and O–H groups in total. The van der Waals surface area contributed by atoms with Gasteiger partial charge in [-0.25, -0.2) is 4.79 Å². The number of ketones is 1. The van der Waals surface area contributed by atoms with Crippen molar-refractivity contribution in [1.29, 1.82) is 0 Å². The summed E-state index contributed by atoms with van der Waals surface area (Å²) in [5.74, 6) is 0.776. The first kappa shape index (κ1) is 21.2. The van der Waals surface area contributed by atoms with Crippen LogP contribution in [0.2, 0.25) is 0 Å². The van der Waals surface area contributed by atoms with Gasteiger partial charge in [0.25, 0.3) is 5.91 Å². The molecule has 3 aliphatic heterocycles. The molecule has 2 aromatic carbocycles. The fourth-order valence-electron chi connectivity index (χ4n) is 4.05. The van der Waals surface area contributed by atoms with E-state index in [9.17, 15) is 14.4 Å². The smallest absolute Gasteiger partial charge is 0.412 e. The van der Waals surface area contributed by atoms with Crippen LogP contribution < -0.4 is 20.1 Å². The highest BCUT2D eigenvalue weighted by Crippen LogP contribution is 2.33. The minimum absolute atomic E-state index is 0.0585. The van der Waals surface area contributed by atoms with Gasteiger partial charge in [-0.15, -0.1) is 0 Å². The second kappa shape index (κ2) is 8.72. The first-order valence-corrected chi connectivity index (χ1v) is 10.5. The van der Waals surface area contributed by atoms with Crippen molar-refractivity contribution in [2.24, 2.45) is 0 Å². The van der Waals surface area contributed by atoms with Crippen LogP contribution in [0.3, 0.4) is 0 Å². The lowest BCUT2D eigenvalue weighted by Crippen LogP contribution is -2.44. The molecule has 10 nitrogen and oxygen atoms in total. The Kier molecular flexibility index (Phi) is 5.61. The lowest BCUT2D eigenvalue weighted by molar-refractivity contribution is 0.00861. The van der Waals surface area contributed by atoms with Gasteiger partial charge in [-0.1, -0.05) is 0 Å². The van der Waals surface area contributed by atoms with E-state index in [2.05, 4.69) is 10.6 Å². The van der Waals surface area contributed by atoms with Gasteiger partial charge >= 0.3 is 6.09 Å². The fraction of sp³-hybridized carbons (Fsp3) is 0.348. The molecular weight excluding hydrogens is 432 g/mol. The van der Waals surface area contributed by atoms with Gasteiger partial charge in [-0.3, -0.25) is 14.9 Å². The van der Waals surface area contributed by atoms with E-state index in [-0.39, 0.29) is 37.7 Å². The van der Waals surface area contributed by atoms with Crippen LogP contribution in [0.5, 0.6) is 11.5 Å². The first-order chi connectivity index (χ1) is 16.0. The molecule has 3 heterocycles. The van der Waals surface area contributed by atoms with Gasteiger partial charge in [-0.05, 0) is 49.4 Å². The van der Waals surface area contributed by atoms with Crippen LogP contribution in [-0.2, 0) is 14.2 Å². The molecule has 0 radical (unpaired) electrons. The number of Topliss-reactive ketones (excluding diaryl/α,β-unsaturated/α-hetero) is 1. The van der Waals surface area contributed by atoms with Crippen molar-refractivity contribution in [2.75, 3.05) is 25.3 Å². The second-order valence-corrected chi connectivity index (χ2v) is 7.95. The van der Waals surface area contributed by atoms with Crippen molar-refractivity contribution < 1.29 is 38.1 Å². The standard InChI is InChI=1S/C23H22N2O8/c1-12(26)13-2-5-15(6-3-13)24-23(28)33-19-10-30-20-16(9-29-21(19)20)25-22(27)14-4-7-17-18(8-14)32-11-31-17/h2-8,16,19-21H,9-11H2,1H3,(H,24,28)(H,25,27)/t16-,19-,20-,21+/m0/s1. The van der Waals surface area contributed by atoms with Crippen LogP contribution >= 0.6 is 0 Å². The average molecular weight is 454 g/mol. The Hall–Kier alpha value is -3.63. The predicted octanol–water partition coefficient (Wildman–Crippen LogP) is 2.13. The van der Waals surface area contributed by atoms with Crippen LogP contribution in [0.25, 0.3) is 0 Å². The Balaban J connectivity index is 1.15. The van der Waals surface area contributed by atoms with Crippen LogP contribution in [0.15, 0.2) is 42.5 Å². The second-order valence-electron chi connectivity index (χ2n) is 7.95. The van der Waals surface area contributed by atoms with E-state index in [0.717, 1.165) is 0 Å². The number of hydrogen-bond donors (Lipinski definition) is 2. The zero-order valence-electron chi connectivity index (χ0n) is 17.7. The van der Waals surface area contributed by atoms with Crippen molar-refractivity contribution in [3.8, 4) is 11.5 Å². The molecule has 4 atom stereocenters. The lowest BCUT2D eigenvalue weighted by Gasteiger charge is -2.18. The third-order valence-electron chi connectivity index (χ3n) is 5.76. The molecular formula is C23H22N2O8. The SMILES string of the molecule is CC(=O)c1ccc(NC(=O)O[C@H]2CO[C@@H]3[C@@H]2OC[C@@H]3NC(=O)c2ccc3c(c2)OCO3)cc1. The Morgan fingerprint density at radius 2 is 1.64 bits per heavy atom. The van der Waals surface area contributed by atoms with E-state index in [1.54, 1.807) is 42.5 Å². The molecule has 2 saturated heterocycles. The number of carbonyl (C=O) groups is 3. The van der Waals surface area contributed by atoms with E-state index < -0.39 is 24.4 Å². The van der Waals surface area contributed by atoms with Crippen LogP contribution in [-0.4, -0.2) is 62.1 Å². The molecule has 172 valence electrons. The molecule has 5 rings (SSSR count). The highest BCUT2D eigenvalue weighted by molar-refractivity contribution is 5.95. The Morgan fingerprint density at radius 3 is 2.42 bits per heavy atom. The zero-order valence-corrected chi connectivity index (χ0v) is 17.7. The largest absolute Gasteiger partial charge is 0.454 e. The fourth-order valence-corrected chi connectivity index (χ4v) is 4.05. The number of anilines is 1. The van der Waals surface area contributed by atoms with Crippen LogP contribution in [0, 0.1) is 0 Å². The first-order valence-electron chi connectivity index (χ1n) is 10.5. The van der Waals surface area contributed by atoms with E-state index in [4.69, 9.17) is 23.7 Å². The Morgan fingerprint density at radius 1 is 0.909 bits per heavy atom. The molecule has 0 spiro atoms. The zero-order chi connectivity index (χ0) is 22.9. The van der Waals surface area contributed by atoms with Crippen molar-refractivity contribution in [3.05, 3.63) is 53.6 Å². The van der Waals surface area contributed by atoms with Gasteiger partial charge in [-0.2, -0.15) is 0 Å². The van der Waals surface area contributed by atoms with E-state index in [0.29, 0.717) is 28.3 Å². The van der Waals surface area contributed by atoms with Crippen molar-refractivity contribution in [1.82, 2.24) is 5.32 Å². The van der Waals surface area contributed by atoms with E-state index in [1.165, 1.54) is 6.92 Å². The van der Waals surface area contributed by atoms with Gasteiger partial charge in [0.15, 0.2) is 23.4 Å². The monoisotopic (exact) mass is 454 g/mol. The number of hydrogen-bond acceptors (Lipinski definition) is 8. The maximum Gasteiger partial charge on any atom is 0.412 e. The van der Waals surface area contributed by atoms with E-state index in [1.807, 2.05) is 0 Å². The molecule has 0 bridgehead atoms. The van der Waals surface area contributed by atoms with Gasteiger partial charge in [0.1, 0.15) is 12.2 Å². The summed E-state index contributed by atoms with van der Waals surface area (Å²) >= 11 is 0. The third-order valence-corrected chi connectivity index (χ3v) is 5.76. The molecule has 2 fully saturated rings. The number of carbonyl (C=O) groups excluding carboxylic acids is 3. The number of amides is 2. The van der Waals surface area contributed by atoms with Gasteiger partial charge < -0.3 is 29.0 Å². The molecule has 2 aromatic rings. The van der Waals surface area contributed by atoms with Crippen LogP contribution in [0.4, 0.5) is 10.5 Å². The third kappa shape index (κ3) is 4.35. The highest BCUT2D eigenvalue weighted by atomic mass is 16.7. The summed E-state index contributed by atoms with van der Waals surface area (Å²) < 4.78 is 27.6. The van der Waals surface area contributed by atoms with E-state index >= 15 is 0 Å². The van der Waals surface area contributed by atoms with Gasteiger partial charge in [0, 0.05) is 16.8 Å². The molecule has 10 heteroatoms. The van der Waals surface area contributed by atoms with Crippen LogP contribution in [0.1, 0.15) is 27.6 Å². The molecule has 3 aliphatic rings. The average Bonchev–Trinajstić information content (AvgIpc) is 3.52. The van der Waals surface area contributed by atoms with Gasteiger partial charge in [0.2, 0.25) is 6.79 Å². The summed E-state index contributed by atoms with van der Waals surface area (Å²) in [6, 6.07) is 11.1. The van der Waals surface area contributed by atoms with Crippen molar-refractivity contribution >= 4 is 23.5 Å². The molecule has 2 amide bonds. The Labute approximate surface area is 189 Å². The summed E-state index contributed by atoms with van der Waals surface area (Å²) in [6.45, 7) is 1.99. The minimum Gasteiger partial charge on any atom is -0.454 e. The lowest BCUT2D eigenvalue weighted by atomic mass is 10.1. The molecule has 0 saturated carbocycles. The highest BCUT2D eigenvalue weighted by Gasteiger charge is 2.50. The van der Waals surface area contributed by atoms with Gasteiger partial charge in [0.05, 0.1) is 19.3 Å². The maximum atomic E-state index is 12.7. The number of benzene rings is 2. The number of rotatable bonds is 5. The molecule has 0 aliphatic carbocycles. The summed E-state index contributed by atoms with van der Waals surface area (Å²) in [4.78, 5) is 36.3. The summed E-state index contributed by atoms with van der Waals surface area (Å²) in [6.07, 6.45) is -2.19. The predicted molar refractivity (Wildman–Crippen MR) is 114 cm³/mol. The van der Waals surface area contributed by atoms with Crippen molar-refractivity contribution in [2.45, 2.75) is 31.3 Å². The topological polar surface area (TPSA) is 121 Å². The Bertz CT molecular complexity index is 1090. The summed E-state index contributed by atoms with van der Waals surface area (Å²) in [7, 11) is 0. The number of ether oxygens (including phenoxy) is 5. The normalized spacial score (nSPS) is 24.8. The molecule has 0 unspecified atom stereocenters. The number of nitrogens with one attached hydrogen (secondary N) is 2. The van der Waals surface area contributed by atoms with Crippen molar-refractivity contribution in [3.63, 3.8) is 0 Å². The summed E-state index contributed by atoms with van der Waals surface area (Å²) in [5, 5.41) is 5.54. The molecule has 0 aromatic heterocycles. The minimum atomic E-state index is -0.656. The summed E-state index contributed by atoms with van der Waals surface area (Å²) in [5.41, 5.74) is 1.49.